The second-order valence-electron chi connectivity index (χ2n) is 5.17. The highest BCUT2D eigenvalue weighted by Crippen LogP contribution is 2.25. The fourth-order valence-corrected chi connectivity index (χ4v) is 2.62. The largest absolute Gasteiger partial charge is 0.268 e. The number of hydrogen-bond donors (Lipinski definition) is 0. The molecular weight excluding hydrogens is 296 g/mol. The summed E-state index contributed by atoms with van der Waals surface area (Å²) in [5.41, 5.74) is 3.86. The number of rotatable bonds is 3. The summed E-state index contributed by atoms with van der Waals surface area (Å²) in [5.74, 6) is 0. The van der Waals surface area contributed by atoms with Gasteiger partial charge >= 0.3 is 0 Å². The Hall–Kier alpha value is -2.39. The van der Waals surface area contributed by atoms with Crippen LogP contribution in [0.15, 0.2) is 65.5 Å². The number of halogens is 1. The number of aryl methyl sites for hydroxylation is 1. The molecule has 0 unspecified atom stereocenters. The standard InChI is InChI=1S/C18H15ClN2O/c1-21-17(22)12-16(18(19)20-21)15-9-7-14(8-10-15)11-13-5-3-2-4-6-13/h2-10,12H,11H2,1H3. The van der Waals surface area contributed by atoms with E-state index in [0.717, 1.165) is 12.0 Å². The van der Waals surface area contributed by atoms with Gasteiger partial charge in [0.05, 0.1) is 0 Å². The minimum absolute atomic E-state index is 0.173. The molecule has 1 heterocycles. The Morgan fingerprint density at radius 1 is 1.00 bits per heavy atom. The summed E-state index contributed by atoms with van der Waals surface area (Å²) in [4.78, 5) is 11.7. The van der Waals surface area contributed by atoms with Crippen molar-refractivity contribution in [2.24, 2.45) is 7.05 Å². The quantitative estimate of drug-likeness (QED) is 0.739. The van der Waals surface area contributed by atoms with Crippen LogP contribution in [0.2, 0.25) is 5.15 Å². The van der Waals surface area contributed by atoms with Gasteiger partial charge in [0.2, 0.25) is 0 Å². The lowest BCUT2D eigenvalue weighted by Crippen LogP contribution is -2.18. The van der Waals surface area contributed by atoms with Gasteiger partial charge in [-0.05, 0) is 23.1 Å². The molecule has 0 aliphatic carbocycles. The molecule has 0 aliphatic heterocycles. The van der Waals surface area contributed by atoms with E-state index in [9.17, 15) is 4.79 Å². The van der Waals surface area contributed by atoms with E-state index >= 15 is 0 Å². The zero-order chi connectivity index (χ0) is 15.5. The summed E-state index contributed by atoms with van der Waals surface area (Å²) in [6.45, 7) is 0. The van der Waals surface area contributed by atoms with Crippen LogP contribution in [0, 0.1) is 0 Å². The van der Waals surface area contributed by atoms with Crippen molar-refractivity contribution < 1.29 is 0 Å². The third kappa shape index (κ3) is 3.10. The highest BCUT2D eigenvalue weighted by molar-refractivity contribution is 6.32. The van der Waals surface area contributed by atoms with E-state index < -0.39 is 0 Å². The molecule has 0 spiro atoms. The minimum atomic E-state index is -0.173. The van der Waals surface area contributed by atoms with Crippen LogP contribution in [0.1, 0.15) is 11.1 Å². The van der Waals surface area contributed by atoms with Crippen LogP contribution in [0.4, 0.5) is 0 Å². The minimum Gasteiger partial charge on any atom is -0.268 e. The third-order valence-electron chi connectivity index (χ3n) is 3.56. The van der Waals surface area contributed by atoms with Crippen molar-refractivity contribution in [3.63, 3.8) is 0 Å². The van der Waals surface area contributed by atoms with Gasteiger partial charge in [0.15, 0.2) is 5.15 Å². The van der Waals surface area contributed by atoms with Gasteiger partial charge in [0.25, 0.3) is 5.56 Å². The first-order chi connectivity index (χ1) is 10.6. The van der Waals surface area contributed by atoms with Gasteiger partial charge in [-0.25, -0.2) is 4.68 Å². The summed E-state index contributed by atoms with van der Waals surface area (Å²) in [7, 11) is 1.58. The first kappa shape index (κ1) is 14.5. The molecule has 0 bridgehead atoms. The molecule has 22 heavy (non-hydrogen) atoms. The van der Waals surface area contributed by atoms with Gasteiger partial charge in [0.1, 0.15) is 0 Å². The molecular formula is C18H15ClN2O. The maximum atomic E-state index is 11.7. The van der Waals surface area contributed by atoms with Crippen LogP contribution in [-0.4, -0.2) is 9.78 Å². The average molecular weight is 311 g/mol. The maximum absolute atomic E-state index is 11.7. The lowest BCUT2D eigenvalue weighted by molar-refractivity contribution is 0.709. The van der Waals surface area contributed by atoms with Gasteiger partial charge in [-0.3, -0.25) is 4.79 Å². The molecule has 0 atom stereocenters. The topological polar surface area (TPSA) is 34.9 Å². The van der Waals surface area contributed by atoms with E-state index in [4.69, 9.17) is 11.6 Å². The normalized spacial score (nSPS) is 10.6. The molecule has 3 aromatic rings. The van der Waals surface area contributed by atoms with Crippen LogP contribution in [0.3, 0.4) is 0 Å². The predicted molar refractivity (Wildman–Crippen MR) is 89.2 cm³/mol. The van der Waals surface area contributed by atoms with Crippen molar-refractivity contribution >= 4 is 11.6 Å². The second-order valence-corrected chi connectivity index (χ2v) is 5.53. The van der Waals surface area contributed by atoms with Crippen LogP contribution < -0.4 is 5.56 Å². The average Bonchev–Trinajstić information content (AvgIpc) is 2.53. The van der Waals surface area contributed by atoms with E-state index in [-0.39, 0.29) is 5.56 Å². The first-order valence-corrected chi connectivity index (χ1v) is 7.38. The number of aromatic nitrogens is 2. The molecule has 0 N–H and O–H groups in total. The van der Waals surface area contributed by atoms with Gasteiger partial charge in [-0.2, -0.15) is 5.10 Å². The Kier molecular flexibility index (Phi) is 4.07. The van der Waals surface area contributed by atoms with Crippen LogP contribution in [0.25, 0.3) is 11.1 Å². The van der Waals surface area contributed by atoms with Crippen molar-refractivity contribution in [2.75, 3.05) is 0 Å². The molecule has 0 saturated heterocycles. The molecule has 4 heteroatoms. The molecule has 110 valence electrons. The smallest absolute Gasteiger partial charge is 0.267 e. The second kappa shape index (κ2) is 6.16. The van der Waals surface area contributed by atoms with Crippen molar-refractivity contribution in [3.8, 4) is 11.1 Å². The van der Waals surface area contributed by atoms with E-state index in [2.05, 4.69) is 29.4 Å². The molecule has 3 rings (SSSR count). The van der Waals surface area contributed by atoms with E-state index in [1.54, 1.807) is 7.05 Å². The number of nitrogens with zero attached hydrogens (tertiary/aromatic N) is 2. The molecule has 1 aromatic heterocycles. The molecule has 0 saturated carbocycles. The van der Waals surface area contributed by atoms with Gasteiger partial charge in [-0.1, -0.05) is 66.2 Å². The molecule has 2 aromatic carbocycles. The molecule has 0 radical (unpaired) electrons. The van der Waals surface area contributed by atoms with Crippen molar-refractivity contribution in [1.82, 2.24) is 9.78 Å². The fourth-order valence-electron chi connectivity index (χ4n) is 2.35. The van der Waals surface area contributed by atoms with Gasteiger partial charge in [-0.15, -0.1) is 0 Å². The predicted octanol–water partition coefficient (Wildman–Crippen LogP) is 3.69. The lowest BCUT2D eigenvalue weighted by atomic mass is 10.0. The zero-order valence-electron chi connectivity index (χ0n) is 12.2. The summed E-state index contributed by atoms with van der Waals surface area (Å²) in [6, 6.07) is 19.9. The Labute approximate surface area is 133 Å². The summed E-state index contributed by atoms with van der Waals surface area (Å²) in [6.07, 6.45) is 0.879. The Balaban J connectivity index is 1.89. The summed E-state index contributed by atoms with van der Waals surface area (Å²) in [5, 5.41) is 4.34. The zero-order valence-corrected chi connectivity index (χ0v) is 12.9. The van der Waals surface area contributed by atoms with Crippen LogP contribution in [0.5, 0.6) is 0 Å². The highest BCUT2D eigenvalue weighted by Gasteiger charge is 2.07. The van der Waals surface area contributed by atoms with Crippen molar-refractivity contribution in [3.05, 3.63) is 87.3 Å². The van der Waals surface area contributed by atoms with Gasteiger partial charge < -0.3 is 0 Å². The number of hydrogen-bond acceptors (Lipinski definition) is 2. The molecule has 0 fully saturated rings. The Morgan fingerprint density at radius 3 is 2.32 bits per heavy atom. The lowest BCUT2D eigenvalue weighted by Gasteiger charge is -2.07. The van der Waals surface area contributed by atoms with E-state index in [1.165, 1.54) is 21.9 Å². The van der Waals surface area contributed by atoms with Crippen LogP contribution in [-0.2, 0) is 13.5 Å². The molecule has 0 aliphatic rings. The highest BCUT2D eigenvalue weighted by atomic mass is 35.5. The monoisotopic (exact) mass is 310 g/mol. The van der Waals surface area contributed by atoms with Crippen molar-refractivity contribution in [2.45, 2.75) is 6.42 Å². The van der Waals surface area contributed by atoms with E-state index in [1.807, 2.05) is 30.3 Å². The maximum Gasteiger partial charge on any atom is 0.267 e. The van der Waals surface area contributed by atoms with Gasteiger partial charge in [0, 0.05) is 18.7 Å². The van der Waals surface area contributed by atoms with E-state index in [0.29, 0.717) is 10.7 Å². The SMILES string of the molecule is Cn1nc(Cl)c(-c2ccc(Cc3ccccc3)cc2)cc1=O. The molecule has 3 nitrogen and oxygen atoms in total. The summed E-state index contributed by atoms with van der Waals surface area (Å²) >= 11 is 6.13. The Bertz CT molecular complexity index is 839. The third-order valence-corrected chi connectivity index (χ3v) is 3.84. The molecule has 0 amide bonds. The number of benzene rings is 2. The van der Waals surface area contributed by atoms with Crippen LogP contribution >= 0.6 is 11.6 Å². The first-order valence-electron chi connectivity index (χ1n) is 7.00. The van der Waals surface area contributed by atoms with Crippen molar-refractivity contribution in [1.29, 1.82) is 0 Å². The Morgan fingerprint density at radius 2 is 1.64 bits per heavy atom. The summed E-state index contributed by atoms with van der Waals surface area (Å²) < 4.78 is 1.23. The fraction of sp³-hybridized carbons (Fsp3) is 0.111.